The molecule has 1 amide bonds. The minimum absolute atomic E-state index is 0.138. The summed E-state index contributed by atoms with van der Waals surface area (Å²) in [5, 5.41) is 0. The van der Waals surface area contributed by atoms with E-state index >= 15 is 0 Å². The first kappa shape index (κ1) is 20.9. The zero-order valence-corrected chi connectivity index (χ0v) is 16.6. The van der Waals surface area contributed by atoms with Gasteiger partial charge in [0, 0.05) is 24.3 Å². The maximum Gasteiger partial charge on any atom is 0.261 e. The molecule has 2 aromatic rings. The molecule has 0 saturated carbocycles. The maximum absolute atomic E-state index is 13.7. The lowest BCUT2D eigenvalue weighted by Gasteiger charge is -2.21. The molecule has 5 nitrogen and oxygen atoms in total. The number of anilines is 1. The molecular weight excluding hydrogens is 367 g/mol. The van der Waals surface area contributed by atoms with Crippen molar-refractivity contribution in [3.63, 3.8) is 0 Å². The predicted octanol–water partition coefficient (Wildman–Crippen LogP) is 4.20. The third-order valence-electron chi connectivity index (χ3n) is 4.09. The van der Waals surface area contributed by atoms with Gasteiger partial charge < -0.3 is 4.90 Å². The summed E-state index contributed by atoms with van der Waals surface area (Å²) in [4.78, 5) is 14.3. The second kappa shape index (κ2) is 8.99. The highest BCUT2D eigenvalue weighted by molar-refractivity contribution is 7.92. The number of benzene rings is 2. The number of halogens is 1. The quantitative estimate of drug-likeness (QED) is 0.732. The number of aryl methyl sites for hydroxylation is 1. The Labute approximate surface area is 160 Å². The van der Waals surface area contributed by atoms with E-state index in [1.54, 1.807) is 30.0 Å². The van der Waals surface area contributed by atoms with Crippen LogP contribution in [-0.2, 0) is 10.0 Å². The Balaban J connectivity index is 2.26. The Hall–Kier alpha value is -2.41. The van der Waals surface area contributed by atoms with Gasteiger partial charge in [-0.3, -0.25) is 9.52 Å². The molecule has 2 rings (SSSR count). The average molecular weight is 392 g/mol. The molecule has 0 heterocycles. The number of carbonyl (C=O) groups is 1. The summed E-state index contributed by atoms with van der Waals surface area (Å²) in [5.41, 5.74) is 1.04. The van der Waals surface area contributed by atoms with Crippen LogP contribution in [0.15, 0.2) is 47.4 Å². The molecule has 0 aliphatic carbocycles. The molecule has 0 radical (unpaired) electrons. The maximum atomic E-state index is 13.7. The first-order chi connectivity index (χ1) is 12.8. The number of hydrogen-bond acceptors (Lipinski definition) is 3. The molecule has 0 unspecified atom stereocenters. The van der Waals surface area contributed by atoms with Crippen LogP contribution in [0.25, 0.3) is 0 Å². The van der Waals surface area contributed by atoms with Gasteiger partial charge in [0.2, 0.25) is 0 Å². The highest BCUT2D eigenvalue weighted by Gasteiger charge is 2.18. The number of nitrogens with zero attached hydrogens (tertiary/aromatic N) is 1. The van der Waals surface area contributed by atoms with Gasteiger partial charge in [0.25, 0.3) is 15.9 Å². The van der Waals surface area contributed by atoms with Crippen LogP contribution < -0.4 is 4.72 Å². The number of sulfonamides is 1. The third kappa shape index (κ3) is 5.29. The van der Waals surface area contributed by atoms with Gasteiger partial charge >= 0.3 is 0 Å². The number of amides is 1. The van der Waals surface area contributed by atoms with Crippen LogP contribution in [0.4, 0.5) is 10.1 Å². The second-order valence-electron chi connectivity index (χ2n) is 6.39. The lowest BCUT2D eigenvalue weighted by atomic mass is 10.1. The van der Waals surface area contributed by atoms with Gasteiger partial charge in [0.15, 0.2) is 0 Å². The number of hydrogen-bond donors (Lipinski definition) is 1. The number of carbonyl (C=O) groups excluding carboxylic acids is 1. The SMILES string of the molecule is CCCN(CCC)C(=O)c1cccc(NS(=O)(=O)c2ccc(C)c(F)c2)c1. The molecule has 0 spiro atoms. The van der Waals surface area contributed by atoms with E-state index in [9.17, 15) is 17.6 Å². The molecule has 0 bridgehead atoms. The van der Waals surface area contributed by atoms with Gasteiger partial charge in [-0.1, -0.05) is 26.0 Å². The zero-order chi connectivity index (χ0) is 20.0. The topological polar surface area (TPSA) is 66.5 Å². The highest BCUT2D eigenvalue weighted by Crippen LogP contribution is 2.20. The molecule has 0 fully saturated rings. The van der Waals surface area contributed by atoms with E-state index in [1.165, 1.54) is 18.2 Å². The summed E-state index contributed by atoms with van der Waals surface area (Å²) in [6.45, 7) is 6.85. The molecular formula is C20H25FN2O3S. The Kier molecular flexibility index (Phi) is 6.96. The minimum Gasteiger partial charge on any atom is -0.339 e. The standard InChI is InChI=1S/C20H25FN2O3S/c1-4-11-23(12-5-2)20(24)16-7-6-8-17(13-16)22-27(25,26)18-10-9-15(3)19(21)14-18/h6-10,13-14,22H,4-5,11-12H2,1-3H3. The monoisotopic (exact) mass is 392 g/mol. The van der Waals surface area contributed by atoms with Gasteiger partial charge in [-0.2, -0.15) is 0 Å². The van der Waals surface area contributed by atoms with Crippen LogP contribution in [0.3, 0.4) is 0 Å². The normalized spacial score (nSPS) is 11.3. The van der Waals surface area contributed by atoms with Crippen LogP contribution in [0.1, 0.15) is 42.6 Å². The molecule has 0 saturated heterocycles. The van der Waals surface area contributed by atoms with Crippen molar-refractivity contribution < 1.29 is 17.6 Å². The number of nitrogens with one attached hydrogen (secondary N) is 1. The van der Waals surface area contributed by atoms with E-state index in [0.717, 1.165) is 18.9 Å². The molecule has 0 atom stereocenters. The Morgan fingerprint density at radius 2 is 1.74 bits per heavy atom. The number of rotatable bonds is 8. The van der Waals surface area contributed by atoms with Crippen LogP contribution in [0, 0.1) is 12.7 Å². The molecule has 7 heteroatoms. The second-order valence-corrected chi connectivity index (χ2v) is 8.07. The van der Waals surface area contributed by atoms with E-state index in [1.807, 2.05) is 13.8 Å². The Bertz CT molecular complexity index is 907. The average Bonchev–Trinajstić information content (AvgIpc) is 2.63. The fourth-order valence-electron chi connectivity index (χ4n) is 2.71. The fourth-order valence-corrected chi connectivity index (χ4v) is 3.77. The summed E-state index contributed by atoms with van der Waals surface area (Å²) < 4.78 is 41.1. The summed E-state index contributed by atoms with van der Waals surface area (Å²) in [6, 6.07) is 10.1. The van der Waals surface area contributed by atoms with E-state index < -0.39 is 15.8 Å². The van der Waals surface area contributed by atoms with Gasteiger partial charge in [-0.15, -0.1) is 0 Å². The predicted molar refractivity (Wildman–Crippen MR) is 105 cm³/mol. The van der Waals surface area contributed by atoms with E-state index in [4.69, 9.17) is 0 Å². The largest absolute Gasteiger partial charge is 0.339 e. The lowest BCUT2D eigenvalue weighted by molar-refractivity contribution is 0.0755. The zero-order valence-electron chi connectivity index (χ0n) is 15.8. The third-order valence-corrected chi connectivity index (χ3v) is 5.47. The molecule has 1 N–H and O–H groups in total. The Morgan fingerprint density at radius 1 is 1.07 bits per heavy atom. The molecule has 0 aliphatic heterocycles. The van der Waals surface area contributed by atoms with Crippen LogP contribution in [0.5, 0.6) is 0 Å². The van der Waals surface area contributed by atoms with Crippen LogP contribution >= 0.6 is 0 Å². The van der Waals surface area contributed by atoms with Crippen molar-refractivity contribution in [2.24, 2.45) is 0 Å². The van der Waals surface area contributed by atoms with Gasteiger partial charge in [-0.25, -0.2) is 12.8 Å². The smallest absolute Gasteiger partial charge is 0.261 e. The molecule has 2 aromatic carbocycles. The fraction of sp³-hybridized carbons (Fsp3) is 0.350. The Morgan fingerprint density at radius 3 is 2.33 bits per heavy atom. The summed E-state index contributed by atoms with van der Waals surface area (Å²) >= 11 is 0. The first-order valence-corrected chi connectivity index (χ1v) is 10.4. The van der Waals surface area contributed by atoms with Crippen molar-refractivity contribution in [1.82, 2.24) is 4.90 Å². The molecule has 146 valence electrons. The summed E-state index contributed by atoms with van der Waals surface area (Å²) in [6.07, 6.45) is 1.69. The van der Waals surface area contributed by atoms with Crippen molar-refractivity contribution in [2.45, 2.75) is 38.5 Å². The van der Waals surface area contributed by atoms with Crippen molar-refractivity contribution >= 4 is 21.6 Å². The highest BCUT2D eigenvalue weighted by atomic mass is 32.2. The van der Waals surface area contributed by atoms with Crippen molar-refractivity contribution in [3.8, 4) is 0 Å². The van der Waals surface area contributed by atoms with Crippen LogP contribution in [-0.4, -0.2) is 32.3 Å². The molecule has 0 aliphatic rings. The van der Waals surface area contributed by atoms with Gasteiger partial charge in [0.05, 0.1) is 4.90 Å². The minimum atomic E-state index is -3.95. The van der Waals surface area contributed by atoms with Crippen molar-refractivity contribution in [3.05, 3.63) is 59.4 Å². The summed E-state index contributed by atoms with van der Waals surface area (Å²) in [5.74, 6) is -0.724. The van der Waals surface area contributed by atoms with E-state index in [0.29, 0.717) is 24.2 Å². The molecule has 27 heavy (non-hydrogen) atoms. The first-order valence-electron chi connectivity index (χ1n) is 8.96. The van der Waals surface area contributed by atoms with E-state index in [-0.39, 0.29) is 16.5 Å². The van der Waals surface area contributed by atoms with Crippen molar-refractivity contribution in [1.29, 1.82) is 0 Å². The van der Waals surface area contributed by atoms with Gasteiger partial charge in [-0.05, 0) is 55.7 Å². The lowest BCUT2D eigenvalue weighted by Crippen LogP contribution is -2.32. The molecule has 0 aromatic heterocycles. The van der Waals surface area contributed by atoms with Crippen molar-refractivity contribution in [2.75, 3.05) is 17.8 Å². The summed E-state index contributed by atoms with van der Waals surface area (Å²) in [7, 11) is -3.95. The van der Waals surface area contributed by atoms with Crippen LogP contribution in [0.2, 0.25) is 0 Å². The van der Waals surface area contributed by atoms with E-state index in [2.05, 4.69) is 4.72 Å². The van der Waals surface area contributed by atoms with Gasteiger partial charge in [0.1, 0.15) is 5.82 Å².